The summed E-state index contributed by atoms with van der Waals surface area (Å²) in [5, 5.41) is 3.68. The van der Waals surface area contributed by atoms with Gasteiger partial charge in [-0.3, -0.25) is 0 Å². The predicted molar refractivity (Wildman–Crippen MR) is 125 cm³/mol. The lowest BCUT2D eigenvalue weighted by Gasteiger charge is -2.36. The third-order valence-corrected chi connectivity index (χ3v) is 8.23. The van der Waals surface area contributed by atoms with E-state index in [1.165, 1.54) is 45.9 Å². The van der Waals surface area contributed by atoms with Crippen molar-refractivity contribution in [2.24, 2.45) is 0 Å². The number of halogens is 2. The molecule has 0 saturated carbocycles. The van der Waals surface area contributed by atoms with Crippen molar-refractivity contribution >= 4 is 34.7 Å². The van der Waals surface area contributed by atoms with E-state index in [1.807, 2.05) is 41.4 Å². The summed E-state index contributed by atoms with van der Waals surface area (Å²) in [4.78, 5) is 18.0. The molecular formula is C25H24ClFN2OS. The molecule has 1 aliphatic heterocycles. The van der Waals surface area contributed by atoms with Crippen LogP contribution in [0.25, 0.3) is 0 Å². The van der Waals surface area contributed by atoms with Crippen LogP contribution in [0.3, 0.4) is 0 Å². The van der Waals surface area contributed by atoms with Gasteiger partial charge in [0.05, 0.1) is 6.04 Å². The molecule has 1 aromatic heterocycles. The zero-order valence-electron chi connectivity index (χ0n) is 17.4. The zero-order valence-corrected chi connectivity index (χ0v) is 19.0. The van der Waals surface area contributed by atoms with Gasteiger partial charge < -0.3 is 10.2 Å². The summed E-state index contributed by atoms with van der Waals surface area (Å²) in [5.74, 6) is -0.268. The van der Waals surface area contributed by atoms with Gasteiger partial charge in [0.2, 0.25) is 0 Å². The van der Waals surface area contributed by atoms with E-state index in [4.69, 9.17) is 11.6 Å². The molecule has 2 amide bonds. The lowest BCUT2D eigenvalue weighted by Crippen LogP contribution is -2.42. The molecule has 31 heavy (non-hydrogen) atoms. The van der Waals surface area contributed by atoms with Crippen LogP contribution in [-0.4, -0.2) is 17.5 Å². The summed E-state index contributed by atoms with van der Waals surface area (Å²) in [5.41, 5.74) is 5.42. The highest BCUT2D eigenvalue weighted by Crippen LogP contribution is 2.45. The molecule has 3 nitrogen and oxygen atoms in total. The Morgan fingerprint density at radius 3 is 2.68 bits per heavy atom. The molecule has 160 valence electrons. The minimum atomic E-state index is -0.268. The van der Waals surface area contributed by atoms with Gasteiger partial charge in [-0.05, 0) is 85.5 Å². The van der Waals surface area contributed by atoms with Crippen molar-refractivity contribution in [2.75, 3.05) is 11.9 Å². The molecule has 5 rings (SSSR count). The Labute approximate surface area is 190 Å². The van der Waals surface area contributed by atoms with E-state index >= 15 is 0 Å². The molecule has 1 unspecified atom stereocenters. The molecule has 0 radical (unpaired) electrons. The largest absolute Gasteiger partial charge is 0.322 e. The maximum Gasteiger partial charge on any atom is 0.322 e. The van der Waals surface area contributed by atoms with Crippen molar-refractivity contribution < 1.29 is 9.18 Å². The van der Waals surface area contributed by atoms with E-state index in [9.17, 15) is 9.18 Å². The lowest BCUT2D eigenvalue weighted by molar-refractivity contribution is 0.195. The second kappa shape index (κ2) is 8.29. The second-order valence-electron chi connectivity index (χ2n) is 8.29. The standard InChI is InChI=1S/C25H24ClFN2OS/c1-15-20(26)6-4-7-21(15)28-25(30)29-14-13-19-18-5-2-3-8-22(18)31-24(19)23(29)16-9-11-17(27)12-10-16/h4,6-7,9-12,23H,2-3,5,8,13-14H2,1H3,(H,28,30). The number of hydrogen-bond donors (Lipinski definition) is 1. The molecule has 0 spiro atoms. The van der Waals surface area contributed by atoms with Gasteiger partial charge in [-0.2, -0.15) is 0 Å². The monoisotopic (exact) mass is 454 g/mol. The Hall–Kier alpha value is -2.37. The van der Waals surface area contributed by atoms with Gasteiger partial charge in [-0.15, -0.1) is 11.3 Å². The van der Waals surface area contributed by atoms with Crippen LogP contribution in [-0.2, 0) is 19.3 Å². The van der Waals surface area contributed by atoms with Crippen molar-refractivity contribution in [1.29, 1.82) is 0 Å². The minimum absolute atomic E-state index is 0.156. The van der Waals surface area contributed by atoms with Crippen LogP contribution in [0.4, 0.5) is 14.9 Å². The fourth-order valence-corrected chi connectivity index (χ4v) is 6.53. The molecule has 6 heteroatoms. The highest BCUT2D eigenvalue weighted by molar-refractivity contribution is 7.12. The first kappa shape index (κ1) is 20.5. The SMILES string of the molecule is Cc1c(Cl)cccc1NC(=O)N1CCc2c(sc3c2CCCC3)C1c1ccc(F)cc1. The number of benzene rings is 2. The summed E-state index contributed by atoms with van der Waals surface area (Å²) >= 11 is 8.09. The predicted octanol–water partition coefficient (Wildman–Crippen LogP) is 6.91. The third-order valence-electron chi connectivity index (χ3n) is 6.43. The highest BCUT2D eigenvalue weighted by atomic mass is 35.5. The topological polar surface area (TPSA) is 32.3 Å². The number of fused-ring (bicyclic) bond motifs is 3. The van der Waals surface area contributed by atoms with Gasteiger partial charge in [-0.1, -0.05) is 29.8 Å². The molecule has 2 aromatic carbocycles. The average molecular weight is 455 g/mol. The second-order valence-corrected chi connectivity index (χ2v) is 9.84. The molecule has 3 aromatic rings. The Morgan fingerprint density at radius 2 is 1.87 bits per heavy atom. The fourth-order valence-electron chi connectivity index (χ4n) is 4.78. The van der Waals surface area contributed by atoms with E-state index in [1.54, 1.807) is 12.1 Å². The first-order chi connectivity index (χ1) is 15.0. The summed E-state index contributed by atoms with van der Waals surface area (Å²) in [6.07, 6.45) is 5.57. The molecule has 1 atom stereocenters. The van der Waals surface area contributed by atoms with E-state index in [-0.39, 0.29) is 17.9 Å². The zero-order chi connectivity index (χ0) is 21.5. The lowest BCUT2D eigenvalue weighted by atomic mass is 9.88. The van der Waals surface area contributed by atoms with Gasteiger partial charge in [0, 0.05) is 27.0 Å². The number of nitrogens with one attached hydrogen (secondary N) is 1. The van der Waals surface area contributed by atoms with E-state index in [2.05, 4.69) is 5.32 Å². The molecule has 2 heterocycles. The number of hydrogen-bond acceptors (Lipinski definition) is 2. The van der Waals surface area contributed by atoms with Gasteiger partial charge in [0.15, 0.2) is 0 Å². The van der Waals surface area contributed by atoms with E-state index in [0.717, 1.165) is 30.4 Å². The molecule has 0 saturated heterocycles. The van der Waals surface area contributed by atoms with Crippen molar-refractivity contribution in [1.82, 2.24) is 4.90 Å². The Kier molecular flexibility index (Phi) is 5.49. The van der Waals surface area contributed by atoms with Crippen LogP contribution in [0.2, 0.25) is 5.02 Å². The Bertz CT molecular complexity index is 1140. The first-order valence-electron chi connectivity index (χ1n) is 10.7. The summed E-state index contributed by atoms with van der Waals surface area (Å²) in [7, 11) is 0. The van der Waals surface area contributed by atoms with E-state index in [0.29, 0.717) is 17.3 Å². The number of thiophene rings is 1. The molecule has 0 bridgehead atoms. The number of nitrogens with zero attached hydrogens (tertiary/aromatic N) is 1. The van der Waals surface area contributed by atoms with Crippen LogP contribution in [0.5, 0.6) is 0 Å². The van der Waals surface area contributed by atoms with Crippen molar-refractivity contribution in [2.45, 2.75) is 45.1 Å². The summed E-state index contributed by atoms with van der Waals surface area (Å²) < 4.78 is 13.7. The smallest absolute Gasteiger partial charge is 0.312 e. The Balaban J connectivity index is 1.54. The van der Waals surface area contributed by atoms with Crippen LogP contribution < -0.4 is 5.32 Å². The number of anilines is 1. The van der Waals surface area contributed by atoms with Crippen LogP contribution in [0.15, 0.2) is 42.5 Å². The van der Waals surface area contributed by atoms with Crippen LogP contribution >= 0.6 is 22.9 Å². The van der Waals surface area contributed by atoms with Gasteiger partial charge in [-0.25, -0.2) is 9.18 Å². The van der Waals surface area contributed by atoms with Gasteiger partial charge in [0.1, 0.15) is 5.82 Å². The number of amides is 2. The summed E-state index contributed by atoms with van der Waals surface area (Å²) in [6, 6.07) is 11.7. The van der Waals surface area contributed by atoms with Crippen LogP contribution in [0.1, 0.15) is 50.9 Å². The van der Waals surface area contributed by atoms with Crippen molar-refractivity contribution in [3.8, 4) is 0 Å². The molecular weight excluding hydrogens is 431 g/mol. The number of carbonyl (C=O) groups is 1. The average Bonchev–Trinajstić information content (AvgIpc) is 3.15. The van der Waals surface area contributed by atoms with Crippen LogP contribution in [0, 0.1) is 12.7 Å². The third kappa shape index (κ3) is 3.74. The normalized spacial score (nSPS) is 17.8. The molecule has 2 aliphatic rings. The minimum Gasteiger partial charge on any atom is -0.312 e. The number of rotatable bonds is 2. The number of urea groups is 1. The summed E-state index contributed by atoms with van der Waals surface area (Å²) in [6.45, 7) is 2.53. The molecule has 0 fully saturated rings. The highest BCUT2D eigenvalue weighted by Gasteiger charge is 2.36. The maximum atomic E-state index is 13.7. The quantitative estimate of drug-likeness (QED) is 0.448. The molecule has 1 N–H and O–H groups in total. The fraction of sp³-hybridized carbons (Fsp3) is 0.320. The van der Waals surface area contributed by atoms with Crippen molar-refractivity contribution in [3.05, 3.63) is 85.3 Å². The Morgan fingerprint density at radius 1 is 1.10 bits per heavy atom. The van der Waals surface area contributed by atoms with Gasteiger partial charge in [0.25, 0.3) is 0 Å². The van der Waals surface area contributed by atoms with Gasteiger partial charge >= 0.3 is 6.03 Å². The van der Waals surface area contributed by atoms with Crippen molar-refractivity contribution in [3.63, 3.8) is 0 Å². The van der Waals surface area contributed by atoms with E-state index < -0.39 is 0 Å². The number of carbonyl (C=O) groups excluding carboxylic acids is 1. The maximum absolute atomic E-state index is 13.7. The number of aryl methyl sites for hydroxylation is 1. The first-order valence-corrected chi connectivity index (χ1v) is 11.9. The molecule has 1 aliphatic carbocycles.